The summed E-state index contributed by atoms with van der Waals surface area (Å²) in [5.41, 5.74) is 1.56. The van der Waals surface area contributed by atoms with Gasteiger partial charge in [0.2, 0.25) is 0 Å². The van der Waals surface area contributed by atoms with Crippen LogP contribution >= 0.6 is 7.82 Å². The number of nitrogens with zero attached hydrogens (tertiary/aromatic N) is 3. The molecule has 0 unspecified atom stereocenters. The summed E-state index contributed by atoms with van der Waals surface area (Å²) in [5.74, 6) is 0.0900. The molecule has 1 aromatic heterocycles. The molecule has 2 N–H and O–H groups in total. The molecule has 0 saturated heterocycles. The molecule has 19 heavy (non-hydrogen) atoms. The third-order valence-corrected chi connectivity index (χ3v) is 2.46. The number of benzene rings is 1. The van der Waals surface area contributed by atoms with E-state index in [1.54, 1.807) is 19.1 Å². The molecule has 0 saturated carbocycles. The van der Waals surface area contributed by atoms with Crippen LogP contribution in [0.4, 0.5) is 0 Å². The van der Waals surface area contributed by atoms with Gasteiger partial charge < -0.3 is 14.7 Å². The van der Waals surface area contributed by atoms with Gasteiger partial charge in [-0.25, -0.2) is 4.57 Å². The fourth-order valence-electron chi connectivity index (χ4n) is 1.26. The summed E-state index contributed by atoms with van der Waals surface area (Å²) in [6.45, 7) is 1.67. The van der Waals surface area contributed by atoms with Crippen LogP contribution in [0, 0.1) is 13.1 Å². The Morgan fingerprint density at radius 2 is 2.11 bits per heavy atom. The maximum absolute atomic E-state index is 10.8. The molecule has 1 aromatic carbocycles. The number of phosphoric ester groups is 1. The van der Waals surface area contributed by atoms with Crippen molar-refractivity contribution in [3.8, 4) is 17.0 Å². The van der Waals surface area contributed by atoms with Crippen LogP contribution in [0.25, 0.3) is 11.3 Å². The van der Waals surface area contributed by atoms with Gasteiger partial charge in [-0.05, 0) is 12.5 Å². The third-order valence-electron chi connectivity index (χ3n) is 2.02. The number of hydrogen-bond donors (Lipinski definition) is 2. The Bertz CT molecular complexity index is 575. The summed E-state index contributed by atoms with van der Waals surface area (Å²) < 4.78 is 15.3. The molecule has 0 fully saturated rings. The topological polar surface area (TPSA) is 107 Å². The Labute approximate surface area is 116 Å². The SMILES string of the molecule is Cc1ccc(-c2[c-]nn[n-]2)cc1OP(=O)(O)O.[Re].[Rf]. The van der Waals surface area contributed by atoms with Gasteiger partial charge in [-0.15, -0.1) is 6.07 Å². The molecule has 0 spiro atoms. The minimum absolute atomic E-state index is 0. The summed E-state index contributed by atoms with van der Waals surface area (Å²) in [7, 11) is -4.57. The Morgan fingerprint density at radius 3 is 2.63 bits per heavy atom. The first kappa shape index (κ1) is 17.0. The van der Waals surface area contributed by atoms with Gasteiger partial charge in [-0.2, -0.15) is 11.3 Å². The number of aryl methyl sites for hydroxylation is 1. The number of rotatable bonds is 3. The van der Waals surface area contributed by atoms with Crippen molar-refractivity contribution in [1.82, 2.24) is 15.4 Å². The molecule has 0 aliphatic rings. The molecule has 7 nitrogen and oxygen atoms in total. The standard InChI is InChI=1S/C9H8N3O4P.Re.Rf/c1-6-2-3-7(8-5-10-12-11-8)4-9(6)16-17(13,14)15;;/h2-4H,1H3,(H2-,10,11,12,13,14,15);;/q-2;;. The van der Waals surface area contributed by atoms with Crippen molar-refractivity contribution in [2.45, 2.75) is 6.92 Å². The molecule has 2 rings (SSSR count). The van der Waals surface area contributed by atoms with Crippen molar-refractivity contribution >= 4 is 7.82 Å². The monoisotopic (exact) mass is 707 g/mol. The Kier molecular flexibility index (Phi) is 5.57. The Morgan fingerprint density at radius 1 is 1.42 bits per heavy atom. The van der Waals surface area contributed by atoms with E-state index in [1.165, 1.54) is 6.07 Å². The van der Waals surface area contributed by atoms with E-state index in [-0.39, 0.29) is 26.2 Å². The molecule has 0 aliphatic heterocycles. The third kappa shape index (κ3) is 4.29. The molecule has 10 heteroatoms. The average molecular weight is 706 g/mol. The Balaban J connectivity index is 0.00000162. The van der Waals surface area contributed by atoms with Gasteiger partial charge in [0.25, 0.3) is 0 Å². The zero-order valence-corrected chi connectivity index (χ0v) is 19.8. The van der Waals surface area contributed by atoms with E-state index in [2.05, 4.69) is 26.1 Å². The van der Waals surface area contributed by atoms with Crippen LogP contribution in [0.3, 0.4) is 0 Å². The van der Waals surface area contributed by atoms with E-state index < -0.39 is 7.82 Å². The minimum Gasteiger partial charge on any atom is -0.464 e. The first-order chi connectivity index (χ1) is 7.96. The average Bonchev–Trinajstić information content (AvgIpc) is 2.72. The molecule has 1 radical (unpaired) electrons. The first-order valence-corrected chi connectivity index (χ1v) is 6.08. The molecule has 0 aliphatic carbocycles. The normalized spacial score (nSPS) is 10.3. The summed E-state index contributed by atoms with van der Waals surface area (Å²) in [6.07, 6.45) is 2.54. The summed E-state index contributed by atoms with van der Waals surface area (Å²) in [5, 5.41) is 10.5. The van der Waals surface area contributed by atoms with Crippen molar-refractivity contribution in [2.75, 3.05) is 0 Å². The van der Waals surface area contributed by atoms with Gasteiger partial charge in [0, 0.05) is 20.4 Å². The van der Waals surface area contributed by atoms with Gasteiger partial charge in [-0.1, -0.05) is 12.1 Å². The predicted molar refractivity (Wildman–Crippen MR) is 57.0 cm³/mol. The summed E-state index contributed by atoms with van der Waals surface area (Å²) in [6, 6.07) is 4.82. The molecule has 2 aromatic rings. The second kappa shape index (κ2) is 6.23. The molecule has 0 amide bonds. The number of hydrogen-bond acceptors (Lipinski definition) is 4. The maximum Gasteiger partial charge on any atom is 0.524 e. The van der Waals surface area contributed by atoms with Crippen LogP contribution in [0.2, 0.25) is 0 Å². The zero-order valence-electron chi connectivity index (χ0n) is 9.82. The second-order valence-corrected chi connectivity index (χ2v) is 4.48. The Hall–Kier alpha value is -2.03. The van der Waals surface area contributed by atoms with Crippen LogP contribution in [0.5, 0.6) is 5.75 Å². The first-order valence-electron chi connectivity index (χ1n) is 4.55. The largest absolute Gasteiger partial charge is 0.524 e. The van der Waals surface area contributed by atoms with Gasteiger partial charge in [-0.3, -0.25) is 21.2 Å². The molecular formula is C9H8N3O4PReRf-2. The quantitative estimate of drug-likeness (QED) is 0.358. The minimum atomic E-state index is -4.57. The van der Waals surface area contributed by atoms with E-state index in [0.717, 1.165) is 0 Å². The van der Waals surface area contributed by atoms with Crippen molar-refractivity contribution < 1.29 is 39.3 Å². The molecule has 0 bridgehead atoms. The van der Waals surface area contributed by atoms with Crippen LogP contribution in [-0.2, 0) is 25.0 Å². The van der Waals surface area contributed by atoms with Crippen LogP contribution in [-0.4, -0.2) is 20.1 Å². The van der Waals surface area contributed by atoms with Crippen molar-refractivity contribution in [2.24, 2.45) is 0 Å². The summed E-state index contributed by atoms with van der Waals surface area (Å²) >= 11 is 0. The van der Waals surface area contributed by atoms with Crippen LogP contribution < -0.4 is 9.62 Å². The van der Waals surface area contributed by atoms with Gasteiger partial charge >= 0.3 is 7.82 Å². The number of phosphoric acid groups is 1. The fraction of sp³-hybridized carbons (Fsp3) is 0.111. The van der Waals surface area contributed by atoms with Gasteiger partial charge in [0.15, 0.2) is 0 Å². The number of aromatic nitrogens is 3. The molecule has 0 atom stereocenters. The fourth-order valence-corrected chi connectivity index (χ4v) is 1.71. The van der Waals surface area contributed by atoms with Crippen LogP contribution in [0.1, 0.15) is 5.56 Å². The predicted octanol–water partition coefficient (Wildman–Crippen LogP) is 0.678. The van der Waals surface area contributed by atoms with E-state index in [0.29, 0.717) is 16.8 Å². The van der Waals surface area contributed by atoms with E-state index in [9.17, 15) is 4.57 Å². The van der Waals surface area contributed by atoms with Crippen LogP contribution in [0.15, 0.2) is 18.2 Å². The van der Waals surface area contributed by atoms with E-state index >= 15 is 0 Å². The molecule has 99 valence electrons. The molecule has 1 heterocycles. The van der Waals surface area contributed by atoms with Crippen molar-refractivity contribution in [3.63, 3.8) is 0 Å². The van der Waals surface area contributed by atoms with Gasteiger partial charge in [0.05, 0.1) is 0 Å². The van der Waals surface area contributed by atoms with E-state index in [4.69, 9.17) is 9.79 Å². The van der Waals surface area contributed by atoms with Crippen molar-refractivity contribution in [1.29, 1.82) is 0 Å². The van der Waals surface area contributed by atoms with Crippen molar-refractivity contribution in [3.05, 3.63) is 30.0 Å². The van der Waals surface area contributed by atoms with Gasteiger partial charge in [0.1, 0.15) is 5.75 Å². The van der Waals surface area contributed by atoms with E-state index in [1.807, 2.05) is 0 Å². The maximum atomic E-state index is 10.8. The molecular weight excluding hydrogens is 698 g/mol. The summed E-state index contributed by atoms with van der Waals surface area (Å²) in [4.78, 5) is 17.5. The smallest absolute Gasteiger partial charge is 0.464 e. The second-order valence-electron chi connectivity index (χ2n) is 3.31. The zero-order chi connectivity index (χ0) is 12.5.